The molecule has 0 N–H and O–H groups in total. The number of rotatable bonds is 2. The Bertz CT molecular complexity index is 346. The van der Waals surface area contributed by atoms with Crippen LogP contribution >= 0.6 is 0 Å². The average molecular weight is 281 g/mol. The number of likely N-dealkylation sites (tertiary alicyclic amines) is 1. The monoisotopic (exact) mass is 281 g/mol. The van der Waals surface area contributed by atoms with Gasteiger partial charge in [-0.15, -0.1) is 11.8 Å². The number of carbonyl (C=O) groups excluding carboxylic acids is 2. The van der Waals surface area contributed by atoms with Gasteiger partial charge in [0.15, 0.2) is 0 Å². The molecule has 20 heavy (non-hydrogen) atoms. The summed E-state index contributed by atoms with van der Waals surface area (Å²) in [5.74, 6) is 5.80. The second kappa shape index (κ2) is 9.41. The van der Waals surface area contributed by atoms with Gasteiger partial charge < -0.3 is 14.4 Å². The molecular weight excluding hydrogens is 254 g/mol. The van der Waals surface area contributed by atoms with Crippen LogP contribution < -0.4 is 0 Å². The number of nitrogens with zero attached hydrogens (tertiary/aromatic N) is 1. The molecule has 0 saturated carbocycles. The third-order valence-electron chi connectivity index (χ3n) is 2.95. The van der Waals surface area contributed by atoms with Crippen LogP contribution in [-0.2, 0) is 9.53 Å². The zero-order valence-electron chi connectivity index (χ0n) is 13.4. The summed E-state index contributed by atoms with van der Waals surface area (Å²) in [6.45, 7) is 10.6. The Balaban J connectivity index is 0.000000796. The standard InChI is InChI=1S/C12H21NO3.C4H6/c1-12(2,3)16-11(15)13-7-4-10(5-8-13)6-9-14;1-3-4-2/h9-10H,4-8H2,1-3H3;1-2H3. The molecule has 0 bridgehead atoms. The SMILES string of the molecule is CC#CC.CC(C)(C)OC(=O)N1CCC(CC=O)CC1. The molecule has 1 rings (SSSR count). The minimum Gasteiger partial charge on any atom is -0.444 e. The highest BCUT2D eigenvalue weighted by Crippen LogP contribution is 2.21. The molecule has 0 atom stereocenters. The third-order valence-corrected chi connectivity index (χ3v) is 2.95. The van der Waals surface area contributed by atoms with Crippen LogP contribution in [0.25, 0.3) is 0 Å². The molecule has 0 aliphatic carbocycles. The van der Waals surface area contributed by atoms with Crippen molar-refractivity contribution in [1.82, 2.24) is 4.90 Å². The summed E-state index contributed by atoms with van der Waals surface area (Å²) >= 11 is 0. The number of carbonyl (C=O) groups is 2. The highest BCUT2D eigenvalue weighted by molar-refractivity contribution is 5.68. The van der Waals surface area contributed by atoms with E-state index in [1.54, 1.807) is 4.90 Å². The van der Waals surface area contributed by atoms with Crippen molar-refractivity contribution in [3.8, 4) is 11.8 Å². The maximum absolute atomic E-state index is 11.7. The van der Waals surface area contributed by atoms with Crippen molar-refractivity contribution in [2.24, 2.45) is 5.92 Å². The van der Waals surface area contributed by atoms with E-state index in [0.29, 0.717) is 25.4 Å². The molecule has 114 valence electrons. The Morgan fingerprint density at radius 3 is 2.10 bits per heavy atom. The van der Waals surface area contributed by atoms with Gasteiger partial charge in [-0.05, 0) is 53.4 Å². The highest BCUT2D eigenvalue weighted by atomic mass is 16.6. The Labute approximate surface area is 122 Å². The molecule has 0 spiro atoms. The molecule has 0 aromatic carbocycles. The van der Waals surface area contributed by atoms with Gasteiger partial charge in [0, 0.05) is 19.5 Å². The number of ether oxygens (including phenoxy) is 1. The summed E-state index contributed by atoms with van der Waals surface area (Å²) in [6.07, 6.45) is 3.14. The number of aldehydes is 1. The zero-order chi connectivity index (χ0) is 15.6. The largest absolute Gasteiger partial charge is 0.444 e. The molecule has 0 aromatic rings. The average Bonchev–Trinajstić information content (AvgIpc) is 2.38. The minimum absolute atomic E-state index is 0.239. The molecule has 1 aliphatic rings. The van der Waals surface area contributed by atoms with Crippen molar-refractivity contribution >= 4 is 12.4 Å². The molecule has 1 heterocycles. The summed E-state index contributed by atoms with van der Waals surface area (Å²) in [7, 11) is 0. The maximum Gasteiger partial charge on any atom is 0.410 e. The number of amides is 1. The van der Waals surface area contributed by atoms with Gasteiger partial charge in [0.05, 0.1) is 0 Å². The molecule has 1 fully saturated rings. The van der Waals surface area contributed by atoms with Crippen LogP contribution in [0.5, 0.6) is 0 Å². The van der Waals surface area contributed by atoms with Crippen LogP contribution in [0.1, 0.15) is 53.9 Å². The number of piperidine rings is 1. The zero-order valence-corrected chi connectivity index (χ0v) is 13.4. The Kier molecular flexibility index (Phi) is 8.71. The van der Waals surface area contributed by atoms with Crippen molar-refractivity contribution in [1.29, 1.82) is 0 Å². The second-order valence-corrected chi connectivity index (χ2v) is 5.81. The second-order valence-electron chi connectivity index (χ2n) is 5.81. The van der Waals surface area contributed by atoms with Crippen molar-refractivity contribution in [2.75, 3.05) is 13.1 Å². The van der Waals surface area contributed by atoms with Gasteiger partial charge in [-0.2, -0.15) is 0 Å². The van der Waals surface area contributed by atoms with Gasteiger partial charge in [0.25, 0.3) is 0 Å². The fraction of sp³-hybridized carbons (Fsp3) is 0.750. The molecule has 1 saturated heterocycles. The summed E-state index contributed by atoms with van der Waals surface area (Å²) < 4.78 is 5.29. The van der Waals surface area contributed by atoms with E-state index in [1.807, 2.05) is 34.6 Å². The Morgan fingerprint density at radius 1 is 1.25 bits per heavy atom. The molecule has 1 amide bonds. The van der Waals surface area contributed by atoms with Gasteiger partial charge in [0.2, 0.25) is 0 Å². The lowest BCUT2D eigenvalue weighted by atomic mass is 9.94. The first-order valence-electron chi connectivity index (χ1n) is 7.09. The van der Waals surface area contributed by atoms with E-state index < -0.39 is 5.60 Å². The predicted molar refractivity (Wildman–Crippen MR) is 80.3 cm³/mol. The molecule has 4 nitrogen and oxygen atoms in total. The predicted octanol–water partition coefficient (Wildman–Crippen LogP) is 3.25. The summed E-state index contributed by atoms with van der Waals surface area (Å²) in [4.78, 5) is 23.8. The van der Waals surface area contributed by atoms with E-state index >= 15 is 0 Å². The van der Waals surface area contributed by atoms with Crippen LogP contribution in [-0.4, -0.2) is 36.0 Å². The van der Waals surface area contributed by atoms with Crippen molar-refractivity contribution in [3.05, 3.63) is 0 Å². The molecule has 0 unspecified atom stereocenters. The van der Waals surface area contributed by atoms with Crippen LogP contribution in [0.4, 0.5) is 4.79 Å². The van der Waals surface area contributed by atoms with Crippen molar-refractivity contribution in [2.45, 2.75) is 59.5 Å². The van der Waals surface area contributed by atoms with E-state index in [0.717, 1.165) is 19.1 Å². The van der Waals surface area contributed by atoms with Gasteiger partial charge in [-0.25, -0.2) is 4.79 Å². The molecule has 4 heteroatoms. The van der Waals surface area contributed by atoms with E-state index in [9.17, 15) is 9.59 Å². The van der Waals surface area contributed by atoms with Crippen LogP contribution in [0.2, 0.25) is 0 Å². The molecule has 0 radical (unpaired) electrons. The molecular formula is C16H27NO3. The fourth-order valence-electron chi connectivity index (χ4n) is 1.81. The van der Waals surface area contributed by atoms with E-state index in [1.165, 1.54) is 0 Å². The Morgan fingerprint density at radius 2 is 1.75 bits per heavy atom. The van der Waals surface area contributed by atoms with E-state index in [-0.39, 0.29) is 6.09 Å². The number of hydrogen-bond acceptors (Lipinski definition) is 3. The topological polar surface area (TPSA) is 46.6 Å². The van der Waals surface area contributed by atoms with Crippen molar-refractivity contribution < 1.29 is 14.3 Å². The van der Waals surface area contributed by atoms with E-state index in [4.69, 9.17) is 4.74 Å². The van der Waals surface area contributed by atoms with E-state index in [2.05, 4.69) is 11.8 Å². The number of hydrogen-bond donors (Lipinski definition) is 0. The lowest BCUT2D eigenvalue weighted by Crippen LogP contribution is -2.41. The van der Waals surface area contributed by atoms with Gasteiger partial charge in [0.1, 0.15) is 11.9 Å². The van der Waals surface area contributed by atoms with Gasteiger partial charge >= 0.3 is 6.09 Å². The first-order chi connectivity index (χ1) is 9.34. The maximum atomic E-state index is 11.7. The summed E-state index contributed by atoms with van der Waals surface area (Å²) in [5, 5.41) is 0. The third kappa shape index (κ3) is 8.58. The van der Waals surface area contributed by atoms with Gasteiger partial charge in [-0.1, -0.05) is 0 Å². The fourth-order valence-corrected chi connectivity index (χ4v) is 1.81. The summed E-state index contributed by atoms with van der Waals surface area (Å²) in [5.41, 5.74) is -0.434. The Hall–Kier alpha value is -1.50. The first kappa shape index (κ1) is 18.5. The lowest BCUT2D eigenvalue weighted by molar-refractivity contribution is -0.108. The van der Waals surface area contributed by atoms with Crippen LogP contribution in [0.3, 0.4) is 0 Å². The molecule has 0 aromatic heterocycles. The summed E-state index contributed by atoms with van der Waals surface area (Å²) in [6, 6.07) is 0. The highest BCUT2D eigenvalue weighted by Gasteiger charge is 2.26. The quantitative estimate of drug-likeness (QED) is 0.576. The van der Waals surface area contributed by atoms with Gasteiger partial charge in [-0.3, -0.25) is 0 Å². The normalized spacial score (nSPS) is 15.3. The van der Waals surface area contributed by atoms with Crippen molar-refractivity contribution in [3.63, 3.8) is 0 Å². The first-order valence-corrected chi connectivity index (χ1v) is 7.09. The smallest absolute Gasteiger partial charge is 0.410 e. The molecule has 1 aliphatic heterocycles. The van der Waals surface area contributed by atoms with Crippen LogP contribution in [0, 0.1) is 17.8 Å². The lowest BCUT2D eigenvalue weighted by Gasteiger charge is -2.32. The van der Waals surface area contributed by atoms with Crippen LogP contribution in [0.15, 0.2) is 0 Å². The minimum atomic E-state index is -0.434.